The molecule has 0 saturated heterocycles. The second-order valence-corrected chi connectivity index (χ2v) is 6.62. The zero-order valence-electron chi connectivity index (χ0n) is 16.5. The van der Waals surface area contributed by atoms with E-state index in [4.69, 9.17) is 18.9 Å². The van der Waals surface area contributed by atoms with Gasteiger partial charge in [0.1, 0.15) is 23.9 Å². The molecule has 1 aliphatic heterocycles. The van der Waals surface area contributed by atoms with Crippen molar-refractivity contribution in [3.8, 4) is 11.5 Å². The minimum absolute atomic E-state index is 0.0230. The summed E-state index contributed by atoms with van der Waals surface area (Å²) in [6.07, 6.45) is 0. The van der Waals surface area contributed by atoms with Crippen molar-refractivity contribution < 1.29 is 34.0 Å². The minimum atomic E-state index is -1.23. The summed E-state index contributed by atoms with van der Waals surface area (Å²) in [5.74, 6) is -0.0997. The van der Waals surface area contributed by atoms with E-state index < -0.39 is 11.5 Å². The number of methoxy groups -OCH3 is 1. The van der Waals surface area contributed by atoms with Gasteiger partial charge >= 0.3 is 5.97 Å². The standard InChI is InChI=1S/C19H28N2O7/c1-19(18(23)24)13-21(2)17(20-19)15-5-4-14(12-16(15)22)28-11-10-27-9-8-26-7-6-25-3/h4-5,12,22H,6-11,13H2,1-3H3,(H,23,24). The summed E-state index contributed by atoms with van der Waals surface area (Å²) in [6.45, 7) is 4.55. The molecule has 0 saturated carbocycles. The zero-order valence-corrected chi connectivity index (χ0v) is 16.5. The number of aliphatic imine (C=N–C) groups is 1. The summed E-state index contributed by atoms with van der Waals surface area (Å²) < 4.78 is 21.1. The lowest BCUT2D eigenvalue weighted by Gasteiger charge is -2.18. The Morgan fingerprint density at radius 3 is 2.39 bits per heavy atom. The molecule has 9 nitrogen and oxygen atoms in total. The molecule has 1 aromatic rings. The highest BCUT2D eigenvalue weighted by atomic mass is 16.6. The van der Waals surface area contributed by atoms with Crippen molar-refractivity contribution in [2.75, 3.05) is 60.3 Å². The van der Waals surface area contributed by atoms with E-state index in [1.807, 2.05) is 0 Å². The Morgan fingerprint density at radius 2 is 1.82 bits per heavy atom. The van der Waals surface area contributed by atoms with Gasteiger partial charge in [0.25, 0.3) is 0 Å². The normalized spacial score (nSPS) is 19.0. The van der Waals surface area contributed by atoms with Crippen molar-refractivity contribution in [2.45, 2.75) is 12.5 Å². The molecule has 0 aromatic heterocycles. The Morgan fingerprint density at radius 1 is 1.18 bits per heavy atom. The van der Waals surface area contributed by atoms with Gasteiger partial charge < -0.3 is 34.1 Å². The zero-order chi connectivity index (χ0) is 20.6. The van der Waals surface area contributed by atoms with Crippen LogP contribution >= 0.6 is 0 Å². The van der Waals surface area contributed by atoms with Gasteiger partial charge in [0, 0.05) is 20.2 Å². The van der Waals surface area contributed by atoms with Crippen LogP contribution in [0.15, 0.2) is 23.2 Å². The van der Waals surface area contributed by atoms with Crippen LogP contribution in [0.2, 0.25) is 0 Å². The van der Waals surface area contributed by atoms with Gasteiger partial charge in [-0.3, -0.25) is 0 Å². The Balaban J connectivity index is 1.82. The van der Waals surface area contributed by atoms with Gasteiger partial charge in [-0.05, 0) is 19.1 Å². The molecule has 0 aliphatic carbocycles. The number of phenolic OH excluding ortho intramolecular Hbond substituents is 1. The van der Waals surface area contributed by atoms with E-state index >= 15 is 0 Å². The largest absolute Gasteiger partial charge is 0.507 e. The van der Waals surface area contributed by atoms with Crippen molar-refractivity contribution in [2.24, 2.45) is 4.99 Å². The highest BCUT2D eigenvalue weighted by molar-refractivity contribution is 6.04. The fourth-order valence-corrected chi connectivity index (χ4v) is 2.75. The van der Waals surface area contributed by atoms with E-state index in [9.17, 15) is 15.0 Å². The Kier molecular flexibility index (Phi) is 8.04. The van der Waals surface area contributed by atoms with Crippen molar-refractivity contribution in [3.63, 3.8) is 0 Å². The predicted molar refractivity (Wildman–Crippen MR) is 102 cm³/mol. The van der Waals surface area contributed by atoms with Crippen LogP contribution in [-0.2, 0) is 19.0 Å². The van der Waals surface area contributed by atoms with Crippen LogP contribution in [0.25, 0.3) is 0 Å². The van der Waals surface area contributed by atoms with Gasteiger partial charge in [-0.15, -0.1) is 0 Å². The average molecular weight is 396 g/mol. The molecule has 28 heavy (non-hydrogen) atoms. The summed E-state index contributed by atoms with van der Waals surface area (Å²) >= 11 is 0. The molecule has 1 aromatic carbocycles. The first-order valence-corrected chi connectivity index (χ1v) is 9.02. The molecule has 1 atom stereocenters. The Hall–Kier alpha value is -2.36. The fraction of sp³-hybridized carbons (Fsp3) is 0.579. The molecule has 0 spiro atoms. The van der Waals surface area contributed by atoms with Gasteiger partial charge in [-0.1, -0.05) is 0 Å². The van der Waals surface area contributed by atoms with E-state index in [1.54, 1.807) is 38.1 Å². The highest BCUT2D eigenvalue weighted by Gasteiger charge is 2.41. The molecular formula is C19H28N2O7. The van der Waals surface area contributed by atoms with E-state index in [0.717, 1.165) is 0 Å². The van der Waals surface area contributed by atoms with Gasteiger partial charge in [0.05, 0.1) is 45.1 Å². The lowest BCUT2D eigenvalue weighted by molar-refractivity contribution is -0.142. The molecule has 1 unspecified atom stereocenters. The summed E-state index contributed by atoms with van der Waals surface area (Å²) in [7, 11) is 3.36. The predicted octanol–water partition coefficient (Wildman–Crippen LogP) is 0.986. The Labute approximate surface area is 164 Å². The minimum Gasteiger partial charge on any atom is -0.507 e. The van der Waals surface area contributed by atoms with Gasteiger partial charge in [0.15, 0.2) is 5.54 Å². The molecule has 2 rings (SSSR count). The molecule has 0 amide bonds. The molecule has 0 fully saturated rings. The van der Waals surface area contributed by atoms with Crippen LogP contribution in [-0.4, -0.2) is 92.8 Å². The first kappa shape index (κ1) is 21.9. The van der Waals surface area contributed by atoms with E-state index in [-0.39, 0.29) is 12.3 Å². The van der Waals surface area contributed by atoms with Crippen molar-refractivity contribution in [1.82, 2.24) is 4.90 Å². The van der Waals surface area contributed by atoms with Crippen molar-refractivity contribution in [3.05, 3.63) is 23.8 Å². The number of ether oxygens (including phenoxy) is 4. The first-order chi connectivity index (χ1) is 13.4. The molecule has 9 heteroatoms. The number of hydrogen-bond acceptors (Lipinski definition) is 8. The number of carboxylic acids is 1. The second-order valence-electron chi connectivity index (χ2n) is 6.62. The number of aliphatic carboxylic acids is 1. The van der Waals surface area contributed by atoms with E-state index in [0.29, 0.717) is 56.8 Å². The average Bonchev–Trinajstić information content (AvgIpc) is 2.96. The third-order valence-electron chi connectivity index (χ3n) is 4.23. The maximum atomic E-state index is 11.4. The molecule has 2 N–H and O–H groups in total. The number of carboxylic acid groups (broad SMARTS) is 1. The Bertz CT molecular complexity index is 695. The summed E-state index contributed by atoms with van der Waals surface area (Å²) in [5, 5.41) is 19.7. The maximum absolute atomic E-state index is 11.4. The van der Waals surface area contributed by atoms with Crippen molar-refractivity contribution in [1.29, 1.82) is 0 Å². The first-order valence-electron chi connectivity index (χ1n) is 9.02. The number of phenols is 1. The molecule has 0 bridgehead atoms. The fourth-order valence-electron chi connectivity index (χ4n) is 2.75. The lowest BCUT2D eigenvalue weighted by Crippen LogP contribution is -2.38. The number of carbonyl (C=O) groups is 1. The van der Waals surface area contributed by atoms with Crippen LogP contribution < -0.4 is 4.74 Å². The summed E-state index contributed by atoms with van der Waals surface area (Å²) in [6, 6.07) is 4.85. The van der Waals surface area contributed by atoms with Crippen molar-refractivity contribution >= 4 is 11.8 Å². The summed E-state index contributed by atoms with van der Waals surface area (Å²) in [4.78, 5) is 17.4. The molecule has 156 valence electrons. The number of rotatable bonds is 12. The number of likely N-dealkylation sites (N-methyl/N-ethyl adjacent to an activating group) is 1. The van der Waals surface area contributed by atoms with Gasteiger partial charge in [0.2, 0.25) is 0 Å². The van der Waals surface area contributed by atoms with E-state index in [2.05, 4.69) is 4.99 Å². The van der Waals surface area contributed by atoms with Gasteiger partial charge in [-0.2, -0.15) is 0 Å². The number of nitrogens with zero attached hydrogens (tertiary/aromatic N) is 2. The van der Waals surface area contributed by atoms with E-state index in [1.165, 1.54) is 6.07 Å². The van der Waals surface area contributed by atoms with Crippen LogP contribution in [0.5, 0.6) is 11.5 Å². The van der Waals surface area contributed by atoms with Crippen LogP contribution in [0.4, 0.5) is 0 Å². The molecule has 0 radical (unpaired) electrons. The SMILES string of the molecule is COCCOCCOCCOc1ccc(C2=NC(C)(C(=O)O)CN2C)c(O)c1. The van der Waals surface area contributed by atoms with Crippen LogP contribution in [0.1, 0.15) is 12.5 Å². The number of hydrogen-bond donors (Lipinski definition) is 2. The smallest absolute Gasteiger partial charge is 0.333 e. The number of aromatic hydroxyl groups is 1. The monoisotopic (exact) mass is 396 g/mol. The number of amidine groups is 1. The second kappa shape index (κ2) is 10.3. The quantitative estimate of drug-likeness (QED) is 0.503. The highest BCUT2D eigenvalue weighted by Crippen LogP contribution is 2.30. The van der Waals surface area contributed by atoms with Crippen LogP contribution in [0, 0.1) is 0 Å². The maximum Gasteiger partial charge on any atom is 0.333 e. The van der Waals surface area contributed by atoms with Gasteiger partial charge in [-0.25, -0.2) is 9.79 Å². The topological polar surface area (TPSA) is 110 Å². The third kappa shape index (κ3) is 5.82. The molecular weight excluding hydrogens is 368 g/mol. The van der Waals surface area contributed by atoms with Crippen LogP contribution in [0.3, 0.4) is 0 Å². The molecule has 1 aliphatic rings. The summed E-state index contributed by atoms with van der Waals surface area (Å²) in [5.41, 5.74) is -0.764. The lowest BCUT2D eigenvalue weighted by atomic mass is 10.1. The number of benzene rings is 1. The molecule has 1 heterocycles. The third-order valence-corrected chi connectivity index (χ3v) is 4.23.